The zero-order chi connectivity index (χ0) is 41.2. The van der Waals surface area contributed by atoms with Crippen molar-refractivity contribution in [3.05, 3.63) is 24.3 Å². The molecule has 0 aliphatic heterocycles. The zero-order valence-electron chi connectivity index (χ0n) is 36.8. The maximum absolute atomic E-state index is 13.2. The number of unbranched alkanes of at least 4 members (excludes halogenated alkanes) is 27. The first-order valence-corrected chi connectivity index (χ1v) is 29.8. The van der Waals surface area contributed by atoms with Crippen LogP contribution in [0.25, 0.3) is 0 Å². The Kier molecular flexibility index (Phi) is 40.0. The number of esters is 2. The van der Waals surface area contributed by atoms with Gasteiger partial charge in [0.1, 0.15) is 0 Å². The number of hydrogen-bond acceptors (Lipinski definition) is 8. The Bertz CT molecular complexity index is 994. The summed E-state index contributed by atoms with van der Waals surface area (Å²) in [6, 6.07) is 0. The predicted molar refractivity (Wildman–Crippen MR) is 234 cm³/mol. The van der Waals surface area contributed by atoms with Crippen LogP contribution in [-0.4, -0.2) is 56.3 Å². The van der Waals surface area contributed by atoms with Crippen molar-refractivity contribution in [2.45, 2.75) is 236 Å². The van der Waals surface area contributed by atoms with E-state index in [2.05, 4.69) is 27.7 Å². The van der Waals surface area contributed by atoms with Crippen LogP contribution in [0.4, 0.5) is 0 Å². The standard InChI is InChI=1S/C18H32O4.C13H22O4.2C8H17.Sn/c1-2-3-4-5-6-7-8-9-10-11-12-13-16-22-18(21)15-14-17(19)20;1-2-3-4-5-6-7-8-11-17-13(16)10-9-12(14)15;2*1-3-5-7-8-6-4-2;/h14-15H,2-13,16H2,1H3,(H,19,20);9-10H,2-8,11H2,1H3,(H,14,15);2*1,3-8H2,2H3;/q;;;;+2/p-2/b15-14-;10-9-;;;. The molecule has 0 aromatic rings. The van der Waals surface area contributed by atoms with Gasteiger partial charge in [0.05, 0.1) is 0 Å². The van der Waals surface area contributed by atoms with Gasteiger partial charge in [-0.05, 0) is 0 Å². The third-order valence-electron chi connectivity index (χ3n) is 10.3. The molecule has 0 spiro atoms. The van der Waals surface area contributed by atoms with E-state index in [-0.39, 0.29) is 0 Å². The van der Waals surface area contributed by atoms with E-state index < -0.39 is 43.1 Å². The molecule has 0 radical (unpaired) electrons. The Morgan fingerprint density at radius 2 is 0.554 bits per heavy atom. The van der Waals surface area contributed by atoms with E-state index in [0.29, 0.717) is 22.1 Å². The minimum atomic E-state index is -4.39. The minimum Gasteiger partial charge on any atom is -0.0654 e. The summed E-state index contributed by atoms with van der Waals surface area (Å²) in [5.74, 6) is -2.51. The van der Waals surface area contributed by atoms with Gasteiger partial charge in [0.2, 0.25) is 0 Å². The van der Waals surface area contributed by atoms with Crippen molar-refractivity contribution in [3.63, 3.8) is 0 Å². The average Bonchev–Trinajstić information content (AvgIpc) is 3.18. The molecule has 9 heteroatoms. The van der Waals surface area contributed by atoms with Crippen molar-refractivity contribution in [1.29, 1.82) is 0 Å². The second kappa shape index (κ2) is 41.3. The smallest absolute Gasteiger partial charge is 0.0654 e. The normalized spacial score (nSPS) is 11.7. The number of ether oxygens (including phenoxy) is 2. The molecule has 0 aromatic heterocycles. The van der Waals surface area contributed by atoms with Gasteiger partial charge in [-0.15, -0.1) is 0 Å². The molecule has 0 atom stereocenters. The summed E-state index contributed by atoms with van der Waals surface area (Å²) < 4.78 is 24.1. The second-order valence-electron chi connectivity index (χ2n) is 15.8. The molecule has 0 fully saturated rings. The first kappa shape index (κ1) is 54.2. The number of rotatable bonds is 41. The molecule has 0 rings (SSSR count). The summed E-state index contributed by atoms with van der Waals surface area (Å²) in [6.07, 6.45) is 39.7. The van der Waals surface area contributed by atoms with Gasteiger partial charge in [-0.25, -0.2) is 0 Å². The van der Waals surface area contributed by atoms with E-state index in [9.17, 15) is 19.2 Å². The first-order chi connectivity index (χ1) is 27.3. The van der Waals surface area contributed by atoms with E-state index in [0.717, 1.165) is 127 Å². The van der Waals surface area contributed by atoms with Crippen molar-refractivity contribution in [3.8, 4) is 0 Å². The molecule has 8 nitrogen and oxygen atoms in total. The third-order valence-corrected chi connectivity index (χ3v) is 20.0. The SMILES string of the molecule is CCCCCCCCCCCCCCOC(=O)/C=C\C(=O)[O][Sn]([CH2]CCCCCCC)([CH2]CCCCCCC)[O]C(=O)/C=C\C(=O)OCCCCCCCCC. The van der Waals surface area contributed by atoms with Gasteiger partial charge in [-0.3, -0.25) is 0 Å². The molecule has 0 N–H and O–H groups in total. The van der Waals surface area contributed by atoms with Crippen molar-refractivity contribution in [2.24, 2.45) is 0 Å². The summed E-state index contributed by atoms with van der Waals surface area (Å²) in [6.45, 7) is 9.45. The third kappa shape index (κ3) is 36.5. The van der Waals surface area contributed by atoms with Crippen LogP contribution in [0.1, 0.15) is 227 Å². The molecule has 0 amide bonds. The second-order valence-corrected chi connectivity index (χ2v) is 25.0. The van der Waals surface area contributed by atoms with Crippen LogP contribution in [0.3, 0.4) is 0 Å². The molecule has 0 heterocycles. The molecule has 0 bridgehead atoms. The Hall–Kier alpha value is -1.84. The van der Waals surface area contributed by atoms with Crippen molar-refractivity contribution in [1.82, 2.24) is 0 Å². The van der Waals surface area contributed by atoms with Crippen molar-refractivity contribution < 1.29 is 34.8 Å². The van der Waals surface area contributed by atoms with Crippen LogP contribution in [-0.2, 0) is 34.8 Å². The molecule has 326 valence electrons. The zero-order valence-corrected chi connectivity index (χ0v) is 39.7. The van der Waals surface area contributed by atoms with Gasteiger partial charge in [-0.1, -0.05) is 71.6 Å². The fraction of sp³-hybridized carbons (Fsp3) is 0.830. The van der Waals surface area contributed by atoms with Crippen LogP contribution in [0, 0.1) is 0 Å². The average molecular weight is 898 g/mol. The summed E-state index contributed by atoms with van der Waals surface area (Å²) in [5, 5.41) is 0. The minimum absolute atomic E-state index is 0.316. The van der Waals surface area contributed by atoms with Crippen LogP contribution in [0.2, 0.25) is 8.87 Å². The molecular formula is C47H86O8Sn. The van der Waals surface area contributed by atoms with E-state index >= 15 is 0 Å². The Morgan fingerprint density at radius 1 is 0.321 bits per heavy atom. The van der Waals surface area contributed by atoms with Crippen molar-refractivity contribution in [2.75, 3.05) is 13.2 Å². The van der Waals surface area contributed by atoms with Gasteiger partial charge in [0, 0.05) is 0 Å². The van der Waals surface area contributed by atoms with Gasteiger partial charge in [0.25, 0.3) is 0 Å². The molecule has 0 aliphatic rings. The molecule has 0 saturated heterocycles. The fourth-order valence-electron chi connectivity index (χ4n) is 6.85. The van der Waals surface area contributed by atoms with E-state index in [1.807, 2.05) is 0 Å². The van der Waals surface area contributed by atoms with Gasteiger partial charge >= 0.3 is 279 Å². The Labute approximate surface area is 349 Å². The summed E-state index contributed by atoms with van der Waals surface area (Å²) in [5.41, 5.74) is 0. The maximum atomic E-state index is 13.2. The van der Waals surface area contributed by atoms with Crippen LogP contribution >= 0.6 is 0 Å². The van der Waals surface area contributed by atoms with Crippen LogP contribution in [0.5, 0.6) is 0 Å². The number of carbonyl (C=O) groups excluding carboxylic acids is 4. The molecule has 56 heavy (non-hydrogen) atoms. The summed E-state index contributed by atoms with van der Waals surface area (Å²) >= 11 is -4.39. The molecular weight excluding hydrogens is 811 g/mol. The quantitative estimate of drug-likeness (QED) is 0.0259. The number of carbonyl (C=O) groups is 4. The first-order valence-electron chi connectivity index (χ1n) is 23.5. The Morgan fingerprint density at radius 3 is 0.839 bits per heavy atom. The fourth-order valence-corrected chi connectivity index (χ4v) is 15.8. The molecule has 0 unspecified atom stereocenters. The summed E-state index contributed by atoms with van der Waals surface area (Å²) in [4.78, 5) is 51.3. The van der Waals surface area contributed by atoms with Crippen LogP contribution < -0.4 is 0 Å². The van der Waals surface area contributed by atoms with Crippen LogP contribution in [0.15, 0.2) is 24.3 Å². The van der Waals surface area contributed by atoms with Gasteiger partial charge in [-0.2, -0.15) is 0 Å². The van der Waals surface area contributed by atoms with Crippen molar-refractivity contribution >= 4 is 43.1 Å². The molecule has 0 saturated carbocycles. The summed E-state index contributed by atoms with van der Waals surface area (Å²) in [7, 11) is 0. The molecule has 0 aromatic carbocycles. The van der Waals surface area contributed by atoms with E-state index in [4.69, 9.17) is 15.6 Å². The monoisotopic (exact) mass is 899 g/mol. The van der Waals surface area contributed by atoms with Gasteiger partial charge in [0.15, 0.2) is 0 Å². The van der Waals surface area contributed by atoms with E-state index in [1.54, 1.807) is 0 Å². The topological polar surface area (TPSA) is 105 Å². The predicted octanol–water partition coefficient (Wildman–Crippen LogP) is 13.9. The Balaban J connectivity index is 5.21. The molecule has 0 aliphatic carbocycles. The van der Waals surface area contributed by atoms with E-state index in [1.165, 1.54) is 96.3 Å². The van der Waals surface area contributed by atoms with Gasteiger partial charge < -0.3 is 0 Å². The number of hydrogen-bond donors (Lipinski definition) is 0.